The van der Waals surface area contributed by atoms with Crippen molar-refractivity contribution >= 4 is 5.91 Å². The number of piperazine rings is 1. The fraction of sp³-hybridized carbons (Fsp3) is 0.435. The third kappa shape index (κ3) is 5.93. The predicted molar refractivity (Wildman–Crippen MR) is 112 cm³/mol. The average molecular weight is 418 g/mol. The van der Waals surface area contributed by atoms with Crippen LogP contribution in [0.15, 0.2) is 36.4 Å². The summed E-state index contributed by atoms with van der Waals surface area (Å²) < 4.78 is 23.8. The highest BCUT2D eigenvalue weighted by atomic mass is 19.1. The van der Waals surface area contributed by atoms with Crippen molar-refractivity contribution in [2.45, 2.75) is 20.0 Å². The molecule has 2 aromatic rings. The van der Waals surface area contributed by atoms with E-state index in [-0.39, 0.29) is 11.7 Å². The van der Waals surface area contributed by atoms with Crippen LogP contribution in [0.5, 0.6) is 11.5 Å². The quantitative estimate of drug-likeness (QED) is 0.555. The molecule has 0 aromatic heterocycles. The van der Waals surface area contributed by atoms with Crippen LogP contribution >= 0.6 is 0 Å². The topological polar surface area (TPSA) is 56.4 Å². The van der Waals surface area contributed by atoms with Gasteiger partial charge in [0.25, 0.3) is 5.91 Å². The van der Waals surface area contributed by atoms with E-state index in [1.807, 2.05) is 6.07 Å². The van der Waals surface area contributed by atoms with Crippen LogP contribution in [0.3, 0.4) is 0 Å². The Balaban J connectivity index is 1.44. The molecule has 6 nitrogen and oxygen atoms in total. The summed E-state index contributed by atoms with van der Waals surface area (Å²) in [4.78, 5) is 15.1. The first-order valence-corrected chi connectivity index (χ1v) is 10.4. The summed E-state index contributed by atoms with van der Waals surface area (Å²) in [6.07, 6.45) is 0. The number of nitrogens with one attached hydrogen (secondary N) is 3. The van der Waals surface area contributed by atoms with Crippen LogP contribution in [0, 0.1) is 12.7 Å². The Labute approximate surface area is 177 Å². The van der Waals surface area contributed by atoms with Crippen molar-refractivity contribution in [1.82, 2.24) is 5.32 Å². The molecule has 0 bridgehead atoms. The number of ether oxygens (including phenoxy) is 2. The molecule has 1 saturated heterocycles. The van der Waals surface area contributed by atoms with E-state index in [0.717, 1.165) is 49.8 Å². The van der Waals surface area contributed by atoms with E-state index in [4.69, 9.17) is 9.47 Å². The molecule has 0 spiro atoms. The molecule has 0 saturated carbocycles. The van der Waals surface area contributed by atoms with Crippen molar-refractivity contribution in [3.8, 4) is 11.5 Å². The van der Waals surface area contributed by atoms with Crippen molar-refractivity contribution < 1.29 is 28.5 Å². The van der Waals surface area contributed by atoms with Crippen molar-refractivity contribution in [2.75, 3.05) is 46.9 Å². The molecule has 1 aliphatic heterocycles. The number of hydrogen-bond donors (Lipinski definition) is 3. The van der Waals surface area contributed by atoms with Crippen LogP contribution < -0.4 is 24.6 Å². The summed E-state index contributed by atoms with van der Waals surface area (Å²) in [6, 6.07) is 10.3. The van der Waals surface area contributed by atoms with E-state index in [1.54, 1.807) is 26.4 Å². The van der Waals surface area contributed by atoms with Crippen LogP contribution in [-0.2, 0) is 17.9 Å². The minimum Gasteiger partial charge on any atom is -0.493 e. The number of carbonyl (C=O) groups excluding carboxylic acids is 1. The van der Waals surface area contributed by atoms with Gasteiger partial charge in [0.05, 0.1) is 14.2 Å². The van der Waals surface area contributed by atoms with Gasteiger partial charge in [-0.25, -0.2) is 4.39 Å². The van der Waals surface area contributed by atoms with E-state index in [0.29, 0.717) is 13.1 Å². The number of halogens is 1. The number of rotatable bonds is 8. The van der Waals surface area contributed by atoms with Gasteiger partial charge in [-0.15, -0.1) is 0 Å². The standard InChI is InChI=1S/C23H30FN3O3/c1-17-12-21(29-2)22(30-3)13-19(17)15-26-8-10-27(11-9-26)16-23(28)25-14-18-4-6-20(24)7-5-18/h4-7,12-13H,8-11,14-16H2,1-3H3,(H,25,28)/p+2. The highest BCUT2D eigenvalue weighted by Gasteiger charge is 2.25. The van der Waals surface area contributed by atoms with Crippen LogP contribution in [0.4, 0.5) is 4.39 Å². The molecule has 2 aromatic carbocycles. The Bertz CT molecular complexity index is 850. The molecular weight excluding hydrogens is 385 g/mol. The molecule has 1 amide bonds. The Morgan fingerprint density at radius 2 is 1.60 bits per heavy atom. The van der Waals surface area contributed by atoms with Crippen LogP contribution in [0.25, 0.3) is 0 Å². The molecule has 3 rings (SSSR count). The molecule has 0 unspecified atom stereocenters. The zero-order chi connectivity index (χ0) is 21.5. The Morgan fingerprint density at radius 1 is 1.00 bits per heavy atom. The lowest BCUT2D eigenvalue weighted by molar-refractivity contribution is -1.02. The summed E-state index contributed by atoms with van der Waals surface area (Å²) in [5.41, 5.74) is 3.37. The number of carbonyl (C=O) groups is 1. The van der Waals surface area contributed by atoms with Gasteiger partial charge in [-0.2, -0.15) is 0 Å². The molecular formula is C23H32FN3O3+2. The number of methoxy groups -OCH3 is 2. The highest BCUT2D eigenvalue weighted by Crippen LogP contribution is 2.29. The first-order chi connectivity index (χ1) is 14.5. The lowest BCUT2D eigenvalue weighted by Gasteiger charge is -2.29. The molecule has 162 valence electrons. The predicted octanol–water partition coefficient (Wildman–Crippen LogP) is -0.249. The van der Waals surface area contributed by atoms with Gasteiger partial charge in [0, 0.05) is 12.1 Å². The minimum atomic E-state index is -0.266. The largest absolute Gasteiger partial charge is 0.493 e. The first kappa shape index (κ1) is 22.1. The normalized spacial score (nSPS) is 18.7. The van der Waals surface area contributed by atoms with Crippen molar-refractivity contribution in [3.63, 3.8) is 0 Å². The van der Waals surface area contributed by atoms with Gasteiger partial charge in [-0.3, -0.25) is 4.79 Å². The van der Waals surface area contributed by atoms with Gasteiger partial charge in [-0.1, -0.05) is 12.1 Å². The number of quaternary nitrogens is 2. The van der Waals surface area contributed by atoms with E-state index in [2.05, 4.69) is 18.3 Å². The van der Waals surface area contributed by atoms with Gasteiger partial charge in [-0.05, 0) is 42.3 Å². The van der Waals surface area contributed by atoms with E-state index in [9.17, 15) is 9.18 Å². The smallest absolute Gasteiger partial charge is 0.275 e. The second-order valence-corrected chi connectivity index (χ2v) is 7.89. The van der Waals surface area contributed by atoms with Crippen molar-refractivity contribution in [1.29, 1.82) is 0 Å². The molecule has 7 heteroatoms. The number of hydrogen-bond acceptors (Lipinski definition) is 3. The van der Waals surface area contributed by atoms with Crippen molar-refractivity contribution in [3.05, 3.63) is 58.9 Å². The van der Waals surface area contributed by atoms with Crippen LogP contribution in [-0.4, -0.2) is 52.9 Å². The van der Waals surface area contributed by atoms with E-state index < -0.39 is 0 Å². The molecule has 0 atom stereocenters. The summed E-state index contributed by atoms with van der Waals surface area (Å²) >= 11 is 0. The number of benzene rings is 2. The van der Waals surface area contributed by atoms with Gasteiger partial charge in [0.15, 0.2) is 18.0 Å². The van der Waals surface area contributed by atoms with Gasteiger partial charge < -0.3 is 24.6 Å². The second-order valence-electron chi connectivity index (χ2n) is 7.89. The maximum absolute atomic E-state index is 13.0. The van der Waals surface area contributed by atoms with E-state index in [1.165, 1.54) is 33.1 Å². The molecule has 3 N–H and O–H groups in total. The molecule has 30 heavy (non-hydrogen) atoms. The van der Waals surface area contributed by atoms with Crippen molar-refractivity contribution in [2.24, 2.45) is 0 Å². The van der Waals surface area contributed by atoms with Gasteiger partial charge in [0.1, 0.15) is 38.5 Å². The Morgan fingerprint density at radius 3 is 2.23 bits per heavy atom. The summed E-state index contributed by atoms with van der Waals surface area (Å²) in [5, 5.41) is 2.93. The third-order valence-corrected chi connectivity index (χ3v) is 5.76. The lowest BCUT2D eigenvalue weighted by atomic mass is 10.1. The van der Waals surface area contributed by atoms with Gasteiger partial charge in [0.2, 0.25) is 0 Å². The first-order valence-electron chi connectivity index (χ1n) is 10.4. The minimum absolute atomic E-state index is 0.0357. The summed E-state index contributed by atoms with van der Waals surface area (Å²) in [7, 11) is 3.31. The monoisotopic (exact) mass is 417 g/mol. The van der Waals surface area contributed by atoms with Gasteiger partial charge >= 0.3 is 0 Å². The summed E-state index contributed by atoms with van der Waals surface area (Å²) in [6.45, 7) is 7.92. The van der Waals surface area contributed by atoms with Crippen LogP contribution in [0.1, 0.15) is 16.7 Å². The molecule has 0 aliphatic carbocycles. The zero-order valence-corrected chi connectivity index (χ0v) is 18.0. The maximum Gasteiger partial charge on any atom is 0.275 e. The average Bonchev–Trinajstić information content (AvgIpc) is 2.75. The Kier molecular flexibility index (Phi) is 7.65. The number of aryl methyl sites for hydroxylation is 1. The molecule has 1 heterocycles. The van der Waals surface area contributed by atoms with E-state index >= 15 is 0 Å². The Hall–Kier alpha value is -2.64. The molecule has 1 fully saturated rings. The van der Waals surface area contributed by atoms with Crippen LogP contribution in [0.2, 0.25) is 0 Å². The SMILES string of the molecule is COc1cc(C)c(C[NH+]2CC[NH+](CC(=O)NCc3ccc(F)cc3)CC2)cc1OC. The highest BCUT2D eigenvalue weighted by molar-refractivity contribution is 5.76. The number of amides is 1. The fourth-order valence-electron chi connectivity index (χ4n) is 3.89. The summed E-state index contributed by atoms with van der Waals surface area (Å²) in [5.74, 6) is 1.29. The maximum atomic E-state index is 13.0. The lowest BCUT2D eigenvalue weighted by Crippen LogP contribution is -3.28. The fourth-order valence-corrected chi connectivity index (χ4v) is 3.89. The molecule has 1 aliphatic rings. The third-order valence-electron chi connectivity index (χ3n) is 5.76. The molecule has 0 radical (unpaired) electrons. The zero-order valence-electron chi connectivity index (χ0n) is 18.0. The second kappa shape index (κ2) is 10.4.